The molecule has 0 atom stereocenters. The maximum atomic E-state index is 10.6. The molecule has 4 heteroatoms. The topological polar surface area (TPSA) is 52.1 Å². The average molecular weight is 202 g/mol. The number of nitrogens with zero attached hydrogens (tertiary/aromatic N) is 2. The molecule has 0 aliphatic heterocycles. The Hall–Kier alpha value is -1.97. The fourth-order valence-corrected chi connectivity index (χ4v) is 1.38. The first kappa shape index (κ1) is 9.58. The highest BCUT2D eigenvalue weighted by molar-refractivity contribution is 5.89. The Kier molecular flexibility index (Phi) is 2.58. The molecule has 1 aromatic carbocycles. The molecule has 0 amide bonds. The number of carbonyl (C=O) groups excluding carboxylic acids is 1. The van der Waals surface area contributed by atoms with E-state index in [9.17, 15) is 4.79 Å². The minimum atomic E-state index is 0.520. The van der Waals surface area contributed by atoms with Gasteiger partial charge in [-0.15, -0.1) is 0 Å². The van der Waals surface area contributed by atoms with Gasteiger partial charge in [0.2, 0.25) is 5.88 Å². The SMILES string of the molecule is CCOc1ncnc2ccc(C=O)cc12. The Morgan fingerprint density at radius 1 is 1.40 bits per heavy atom. The molecule has 0 unspecified atom stereocenters. The van der Waals surface area contributed by atoms with Gasteiger partial charge in [-0.1, -0.05) is 0 Å². The first-order valence-corrected chi connectivity index (χ1v) is 4.68. The second-order valence-electron chi connectivity index (χ2n) is 3.01. The molecule has 4 nitrogen and oxygen atoms in total. The van der Waals surface area contributed by atoms with Crippen LogP contribution in [0.2, 0.25) is 0 Å². The van der Waals surface area contributed by atoms with Gasteiger partial charge >= 0.3 is 0 Å². The van der Waals surface area contributed by atoms with Crippen molar-refractivity contribution in [3.63, 3.8) is 0 Å². The maximum absolute atomic E-state index is 10.6. The minimum absolute atomic E-state index is 0.520. The van der Waals surface area contributed by atoms with Crippen LogP contribution in [-0.4, -0.2) is 22.9 Å². The summed E-state index contributed by atoms with van der Waals surface area (Å²) < 4.78 is 5.35. The molecule has 1 aromatic heterocycles. The van der Waals surface area contributed by atoms with Crippen molar-refractivity contribution in [1.82, 2.24) is 9.97 Å². The summed E-state index contributed by atoms with van der Waals surface area (Å²) in [7, 11) is 0. The Labute approximate surface area is 86.9 Å². The number of hydrogen-bond acceptors (Lipinski definition) is 4. The zero-order valence-corrected chi connectivity index (χ0v) is 8.30. The van der Waals surface area contributed by atoms with Crippen molar-refractivity contribution in [3.05, 3.63) is 30.1 Å². The number of rotatable bonds is 3. The van der Waals surface area contributed by atoms with Gasteiger partial charge in [-0.3, -0.25) is 4.79 Å². The van der Waals surface area contributed by atoms with Crippen molar-refractivity contribution >= 4 is 17.2 Å². The molecule has 0 fully saturated rings. The lowest BCUT2D eigenvalue weighted by Gasteiger charge is -2.05. The molecule has 0 radical (unpaired) electrons. The van der Waals surface area contributed by atoms with Crippen molar-refractivity contribution in [2.24, 2.45) is 0 Å². The minimum Gasteiger partial charge on any atom is -0.477 e. The second kappa shape index (κ2) is 4.04. The first-order chi connectivity index (χ1) is 7.35. The molecule has 1 heterocycles. The highest BCUT2D eigenvalue weighted by Gasteiger charge is 2.04. The van der Waals surface area contributed by atoms with Crippen LogP contribution in [0.1, 0.15) is 17.3 Å². The Balaban J connectivity index is 2.64. The van der Waals surface area contributed by atoms with Gasteiger partial charge < -0.3 is 4.74 Å². The monoisotopic (exact) mass is 202 g/mol. The van der Waals surface area contributed by atoms with Crippen molar-refractivity contribution in [2.45, 2.75) is 6.92 Å². The van der Waals surface area contributed by atoms with Crippen molar-refractivity contribution < 1.29 is 9.53 Å². The van der Waals surface area contributed by atoms with Gasteiger partial charge in [0.05, 0.1) is 17.5 Å². The number of hydrogen-bond donors (Lipinski definition) is 0. The molecule has 0 aliphatic rings. The number of fused-ring (bicyclic) bond motifs is 1. The van der Waals surface area contributed by atoms with E-state index in [4.69, 9.17) is 4.74 Å². The van der Waals surface area contributed by atoms with Crippen molar-refractivity contribution in [2.75, 3.05) is 6.61 Å². The van der Waals surface area contributed by atoms with E-state index in [2.05, 4.69) is 9.97 Å². The average Bonchev–Trinajstić information content (AvgIpc) is 2.29. The quantitative estimate of drug-likeness (QED) is 0.712. The van der Waals surface area contributed by atoms with Gasteiger partial charge in [-0.25, -0.2) is 9.97 Å². The number of ether oxygens (including phenoxy) is 1. The summed E-state index contributed by atoms with van der Waals surface area (Å²) in [6.45, 7) is 2.43. The second-order valence-corrected chi connectivity index (χ2v) is 3.01. The predicted octanol–water partition coefficient (Wildman–Crippen LogP) is 1.84. The van der Waals surface area contributed by atoms with Crippen LogP contribution in [0.5, 0.6) is 5.88 Å². The van der Waals surface area contributed by atoms with Crippen LogP contribution < -0.4 is 4.74 Å². The number of aldehydes is 1. The number of benzene rings is 1. The fourth-order valence-electron chi connectivity index (χ4n) is 1.38. The summed E-state index contributed by atoms with van der Waals surface area (Å²) in [5.41, 5.74) is 1.37. The third-order valence-corrected chi connectivity index (χ3v) is 2.04. The van der Waals surface area contributed by atoms with Crippen LogP contribution in [0.3, 0.4) is 0 Å². The number of aromatic nitrogens is 2. The Morgan fingerprint density at radius 2 is 2.27 bits per heavy atom. The largest absolute Gasteiger partial charge is 0.477 e. The molecule has 2 rings (SSSR count). The smallest absolute Gasteiger partial charge is 0.224 e. The highest BCUT2D eigenvalue weighted by Crippen LogP contribution is 2.21. The van der Waals surface area contributed by atoms with Crippen LogP contribution in [-0.2, 0) is 0 Å². The van der Waals surface area contributed by atoms with E-state index in [1.807, 2.05) is 6.92 Å². The highest BCUT2D eigenvalue weighted by atomic mass is 16.5. The zero-order chi connectivity index (χ0) is 10.7. The number of carbonyl (C=O) groups is 1. The molecule has 0 saturated heterocycles. The molecule has 2 aromatic rings. The summed E-state index contributed by atoms with van der Waals surface area (Å²) in [6, 6.07) is 5.23. The van der Waals surface area contributed by atoms with Gasteiger partial charge in [-0.2, -0.15) is 0 Å². The van der Waals surface area contributed by atoms with Gasteiger partial charge in [-0.05, 0) is 25.1 Å². The third kappa shape index (κ3) is 1.79. The Bertz CT molecular complexity index is 497. The normalized spacial score (nSPS) is 10.2. The summed E-state index contributed by atoms with van der Waals surface area (Å²) in [5, 5.41) is 0.768. The molecule has 0 aliphatic carbocycles. The summed E-state index contributed by atoms with van der Waals surface area (Å²) in [6.07, 6.45) is 2.25. The van der Waals surface area contributed by atoms with Crippen LogP contribution in [0, 0.1) is 0 Å². The van der Waals surface area contributed by atoms with E-state index in [0.29, 0.717) is 18.1 Å². The van der Waals surface area contributed by atoms with E-state index >= 15 is 0 Å². The first-order valence-electron chi connectivity index (χ1n) is 4.68. The molecule has 15 heavy (non-hydrogen) atoms. The lowest BCUT2D eigenvalue weighted by Crippen LogP contribution is -1.96. The van der Waals surface area contributed by atoms with Gasteiger partial charge in [0.1, 0.15) is 12.6 Å². The summed E-state index contributed by atoms with van der Waals surface area (Å²) >= 11 is 0. The summed E-state index contributed by atoms with van der Waals surface area (Å²) in [5.74, 6) is 0.520. The molecule has 0 saturated carbocycles. The van der Waals surface area contributed by atoms with E-state index < -0.39 is 0 Å². The van der Waals surface area contributed by atoms with Gasteiger partial charge in [0, 0.05) is 5.56 Å². The van der Waals surface area contributed by atoms with Crippen molar-refractivity contribution in [3.8, 4) is 5.88 Å². The molecule has 76 valence electrons. The Morgan fingerprint density at radius 3 is 3.00 bits per heavy atom. The fraction of sp³-hybridized carbons (Fsp3) is 0.182. The standard InChI is InChI=1S/C11H10N2O2/c1-2-15-11-9-5-8(6-14)3-4-10(9)12-7-13-11/h3-7H,2H2,1H3. The third-order valence-electron chi connectivity index (χ3n) is 2.04. The molecular formula is C11H10N2O2. The molecule has 0 N–H and O–H groups in total. The van der Waals surface area contributed by atoms with Crippen LogP contribution in [0.4, 0.5) is 0 Å². The molecule has 0 bridgehead atoms. The summed E-state index contributed by atoms with van der Waals surface area (Å²) in [4.78, 5) is 18.8. The van der Waals surface area contributed by atoms with E-state index in [0.717, 1.165) is 17.2 Å². The van der Waals surface area contributed by atoms with Crippen molar-refractivity contribution in [1.29, 1.82) is 0 Å². The molecular weight excluding hydrogens is 192 g/mol. The zero-order valence-electron chi connectivity index (χ0n) is 8.30. The van der Waals surface area contributed by atoms with Crippen LogP contribution >= 0.6 is 0 Å². The van der Waals surface area contributed by atoms with E-state index in [1.165, 1.54) is 6.33 Å². The van der Waals surface area contributed by atoms with E-state index in [1.54, 1.807) is 18.2 Å². The molecule has 0 spiro atoms. The van der Waals surface area contributed by atoms with Gasteiger partial charge in [0.25, 0.3) is 0 Å². The lowest BCUT2D eigenvalue weighted by atomic mass is 10.1. The van der Waals surface area contributed by atoms with E-state index in [-0.39, 0.29) is 0 Å². The maximum Gasteiger partial charge on any atom is 0.224 e. The predicted molar refractivity (Wildman–Crippen MR) is 56.1 cm³/mol. The lowest BCUT2D eigenvalue weighted by molar-refractivity contribution is 0.112. The van der Waals surface area contributed by atoms with Crippen LogP contribution in [0.15, 0.2) is 24.5 Å². The van der Waals surface area contributed by atoms with Gasteiger partial charge in [0.15, 0.2) is 0 Å². The van der Waals surface area contributed by atoms with Crippen LogP contribution in [0.25, 0.3) is 10.9 Å².